The molecule has 22 heavy (non-hydrogen) atoms. The molecule has 2 saturated carbocycles. The van der Waals surface area contributed by atoms with E-state index in [1.54, 1.807) is 12.1 Å². The van der Waals surface area contributed by atoms with Crippen LogP contribution in [-0.4, -0.2) is 0 Å². The normalized spacial score (nSPS) is 33.2. The van der Waals surface area contributed by atoms with Crippen LogP contribution in [-0.2, 0) is 0 Å². The molecule has 0 unspecified atom stereocenters. The second-order valence-corrected chi connectivity index (χ2v) is 7.36. The molecular weight excluding hydrogens is 271 g/mol. The molecule has 1 aromatic carbocycles. The zero-order valence-electron chi connectivity index (χ0n) is 13.8. The Morgan fingerprint density at radius 2 is 1.36 bits per heavy atom. The third kappa shape index (κ3) is 3.80. The summed E-state index contributed by atoms with van der Waals surface area (Å²) in [5, 5.41) is 0. The molecule has 0 aromatic heterocycles. The lowest BCUT2D eigenvalue weighted by molar-refractivity contribution is 0.171. The summed E-state index contributed by atoms with van der Waals surface area (Å²) in [7, 11) is 0. The molecule has 2 aliphatic carbocycles. The Labute approximate surface area is 134 Å². The number of hydrogen-bond donors (Lipinski definition) is 0. The second-order valence-electron chi connectivity index (χ2n) is 7.36. The predicted molar refractivity (Wildman–Crippen MR) is 91.4 cm³/mol. The third-order valence-corrected chi connectivity index (χ3v) is 6.06. The molecule has 3 rings (SSSR count). The zero-order chi connectivity index (χ0) is 15.4. The quantitative estimate of drug-likeness (QED) is 0.560. The summed E-state index contributed by atoms with van der Waals surface area (Å²) in [6.07, 6.45) is 15.6. The first-order valence-corrected chi connectivity index (χ1v) is 9.14. The average Bonchev–Trinajstić information content (AvgIpc) is 2.57. The molecule has 0 atom stereocenters. The van der Waals surface area contributed by atoms with Crippen LogP contribution in [0.2, 0.25) is 0 Å². The summed E-state index contributed by atoms with van der Waals surface area (Å²) >= 11 is 0. The highest BCUT2D eigenvalue weighted by Crippen LogP contribution is 2.44. The summed E-state index contributed by atoms with van der Waals surface area (Å²) in [6.45, 7) is 2.14. The maximum Gasteiger partial charge on any atom is 0.123 e. The zero-order valence-corrected chi connectivity index (χ0v) is 13.8. The maximum atomic E-state index is 13.0. The van der Waals surface area contributed by atoms with E-state index in [0.29, 0.717) is 5.92 Å². The minimum atomic E-state index is -0.115. The van der Waals surface area contributed by atoms with Gasteiger partial charge in [0.15, 0.2) is 0 Å². The van der Waals surface area contributed by atoms with Gasteiger partial charge in [-0.1, -0.05) is 24.3 Å². The predicted octanol–water partition coefficient (Wildman–Crippen LogP) is 6.48. The lowest BCUT2D eigenvalue weighted by Crippen LogP contribution is -2.25. The van der Waals surface area contributed by atoms with Crippen molar-refractivity contribution in [3.05, 3.63) is 47.8 Å². The van der Waals surface area contributed by atoms with Gasteiger partial charge in [-0.2, -0.15) is 0 Å². The van der Waals surface area contributed by atoms with E-state index in [1.807, 2.05) is 12.1 Å². The minimum Gasteiger partial charge on any atom is -0.207 e. The summed E-state index contributed by atoms with van der Waals surface area (Å²) in [4.78, 5) is 0. The molecule has 0 nitrogen and oxygen atoms in total. The smallest absolute Gasteiger partial charge is 0.123 e. The van der Waals surface area contributed by atoms with Crippen LogP contribution in [0, 0.1) is 23.6 Å². The first-order valence-electron chi connectivity index (χ1n) is 9.14. The summed E-state index contributed by atoms with van der Waals surface area (Å²) in [5.74, 6) is 3.31. The summed E-state index contributed by atoms with van der Waals surface area (Å²) < 4.78 is 13.0. The average molecular weight is 300 g/mol. The highest BCUT2D eigenvalue weighted by molar-refractivity contribution is 5.21. The van der Waals surface area contributed by atoms with Crippen molar-refractivity contribution in [2.75, 3.05) is 0 Å². The molecule has 1 aromatic rings. The van der Waals surface area contributed by atoms with Crippen molar-refractivity contribution < 1.29 is 4.39 Å². The molecule has 120 valence electrons. The van der Waals surface area contributed by atoms with Crippen molar-refractivity contribution in [3.63, 3.8) is 0 Å². The van der Waals surface area contributed by atoms with Gasteiger partial charge in [-0.15, -0.1) is 0 Å². The summed E-state index contributed by atoms with van der Waals surface area (Å²) in [6, 6.07) is 7.21. The molecule has 0 saturated heterocycles. The second kappa shape index (κ2) is 7.44. The van der Waals surface area contributed by atoms with Crippen molar-refractivity contribution in [1.29, 1.82) is 0 Å². The minimum absolute atomic E-state index is 0.115. The number of rotatable bonds is 3. The SMILES string of the molecule is CC=CC1CCC(C2CCC(c3ccc(F)cc3)CC2)CC1. The number of allylic oxidation sites excluding steroid dienone is 2. The molecule has 0 amide bonds. The lowest BCUT2D eigenvalue weighted by atomic mass is 9.68. The Bertz CT molecular complexity index is 471. The van der Waals surface area contributed by atoms with Crippen molar-refractivity contribution in [1.82, 2.24) is 0 Å². The topological polar surface area (TPSA) is 0 Å². The van der Waals surface area contributed by atoms with Gasteiger partial charge in [0, 0.05) is 0 Å². The van der Waals surface area contributed by atoms with E-state index in [2.05, 4.69) is 19.1 Å². The van der Waals surface area contributed by atoms with E-state index in [1.165, 1.54) is 56.9 Å². The molecule has 0 spiro atoms. The van der Waals surface area contributed by atoms with Crippen LogP contribution in [0.4, 0.5) is 4.39 Å². The first-order chi connectivity index (χ1) is 10.8. The van der Waals surface area contributed by atoms with Gasteiger partial charge in [0.05, 0.1) is 0 Å². The van der Waals surface area contributed by atoms with Crippen LogP contribution in [0.15, 0.2) is 36.4 Å². The Balaban J connectivity index is 1.49. The highest BCUT2D eigenvalue weighted by Gasteiger charge is 2.30. The van der Waals surface area contributed by atoms with Crippen LogP contribution in [0.1, 0.15) is 69.8 Å². The fourth-order valence-electron chi connectivity index (χ4n) is 4.74. The molecule has 0 radical (unpaired) electrons. The fraction of sp³-hybridized carbons (Fsp3) is 0.619. The van der Waals surface area contributed by atoms with Gasteiger partial charge in [-0.05, 0) is 99.7 Å². The van der Waals surface area contributed by atoms with Crippen LogP contribution in [0.5, 0.6) is 0 Å². The van der Waals surface area contributed by atoms with Gasteiger partial charge >= 0.3 is 0 Å². The Morgan fingerprint density at radius 1 is 0.818 bits per heavy atom. The van der Waals surface area contributed by atoms with Gasteiger partial charge in [-0.25, -0.2) is 4.39 Å². The van der Waals surface area contributed by atoms with Crippen LogP contribution < -0.4 is 0 Å². The highest BCUT2D eigenvalue weighted by atomic mass is 19.1. The van der Waals surface area contributed by atoms with Gasteiger partial charge in [-0.3, -0.25) is 0 Å². The van der Waals surface area contributed by atoms with E-state index in [9.17, 15) is 4.39 Å². The third-order valence-electron chi connectivity index (χ3n) is 6.06. The van der Waals surface area contributed by atoms with Crippen LogP contribution >= 0.6 is 0 Å². The molecule has 2 aliphatic rings. The van der Waals surface area contributed by atoms with E-state index in [-0.39, 0.29) is 5.82 Å². The van der Waals surface area contributed by atoms with Gasteiger partial charge in [0.2, 0.25) is 0 Å². The number of hydrogen-bond acceptors (Lipinski definition) is 0. The van der Waals surface area contributed by atoms with Gasteiger partial charge in [0.1, 0.15) is 5.82 Å². The fourth-order valence-corrected chi connectivity index (χ4v) is 4.74. The van der Waals surface area contributed by atoms with Crippen LogP contribution in [0.3, 0.4) is 0 Å². The molecule has 1 heteroatoms. The Hall–Kier alpha value is -1.11. The van der Waals surface area contributed by atoms with E-state index in [0.717, 1.165) is 17.8 Å². The monoisotopic (exact) mass is 300 g/mol. The lowest BCUT2D eigenvalue weighted by Gasteiger charge is -2.37. The first kappa shape index (κ1) is 15.8. The molecule has 0 bridgehead atoms. The van der Waals surface area contributed by atoms with Crippen molar-refractivity contribution >= 4 is 0 Å². The number of halogens is 1. The molecule has 0 aliphatic heterocycles. The molecule has 0 heterocycles. The standard InChI is InChI=1S/C21H29F/c1-2-3-16-4-6-17(7-5-16)18-8-10-19(11-9-18)20-12-14-21(22)15-13-20/h2-3,12-19H,4-11H2,1H3. The Morgan fingerprint density at radius 3 is 1.91 bits per heavy atom. The van der Waals surface area contributed by atoms with Crippen molar-refractivity contribution in [2.45, 2.75) is 64.2 Å². The summed E-state index contributed by atoms with van der Waals surface area (Å²) in [5.41, 5.74) is 1.34. The molecule has 2 fully saturated rings. The van der Waals surface area contributed by atoms with Crippen LogP contribution in [0.25, 0.3) is 0 Å². The maximum absolute atomic E-state index is 13.0. The van der Waals surface area contributed by atoms with E-state index < -0.39 is 0 Å². The number of benzene rings is 1. The van der Waals surface area contributed by atoms with Crippen molar-refractivity contribution in [2.24, 2.45) is 17.8 Å². The van der Waals surface area contributed by atoms with E-state index in [4.69, 9.17) is 0 Å². The largest absolute Gasteiger partial charge is 0.207 e. The van der Waals surface area contributed by atoms with E-state index >= 15 is 0 Å². The molecular formula is C21H29F. The van der Waals surface area contributed by atoms with Gasteiger partial charge < -0.3 is 0 Å². The Kier molecular flexibility index (Phi) is 5.33. The van der Waals surface area contributed by atoms with Crippen molar-refractivity contribution in [3.8, 4) is 0 Å². The van der Waals surface area contributed by atoms with Gasteiger partial charge in [0.25, 0.3) is 0 Å². The molecule has 0 N–H and O–H groups in total.